The highest BCUT2D eigenvalue weighted by molar-refractivity contribution is 6.01. The van der Waals surface area contributed by atoms with Gasteiger partial charge in [-0.1, -0.05) is 12.8 Å². The molecule has 10 nitrogen and oxygen atoms in total. The monoisotopic (exact) mass is 500 g/mol. The van der Waals surface area contributed by atoms with Crippen molar-refractivity contribution in [3.05, 3.63) is 42.7 Å². The molecular weight excluding hydrogens is 467 g/mol. The van der Waals surface area contributed by atoms with E-state index < -0.39 is 12.1 Å². The molecule has 3 heterocycles. The SMILES string of the molecule is O=C1CCC(Nc2ccc(N3CCN(CCCCCCOC(=O)n4ccnc4)CC3)c(F)c2)C(=O)N1. The number of benzene rings is 1. The van der Waals surface area contributed by atoms with E-state index in [9.17, 15) is 18.8 Å². The minimum atomic E-state index is -0.533. The summed E-state index contributed by atoms with van der Waals surface area (Å²) in [6.07, 6.45) is 8.78. The molecule has 194 valence electrons. The van der Waals surface area contributed by atoms with E-state index in [1.165, 1.54) is 23.2 Å². The van der Waals surface area contributed by atoms with E-state index in [1.54, 1.807) is 18.3 Å². The summed E-state index contributed by atoms with van der Waals surface area (Å²) in [7, 11) is 0. The number of hydrogen-bond acceptors (Lipinski definition) is 8. The van der Waals surface area contributed by atoms with Crippen LogP contribution < -0.4 is 15.5 Å². The molecule has 2 N–H and O–H groups in total. The average molecular weight is 501 g/mol. The highest BCUT2D eigenvalue weighted by Crippen LogP contribution is 2.25. The van der Waals surface area contributed by atoms with E-state index in [4.69, 9.17) is 4.74 Å². The predicted molar refractivity (Wildman–Crippen MR) is 132 cm³/mol. The summed E-state index contributed by atoms with van der Waals surface area (Å²) >= 11 is 0. The number of hydrogen-bond donors (Lipinski definition) is 2. The third kappa shape index (κ3) is 7.03. The van der Waals surface area contributed by atoms with E-state index in [0.29, 0.717) is 24.4 Å². The zero-order chi connectivity index (χ0) is 25.3. The van der Waals surface area contributed by atoms with Crippen LogP contribution >= 0.6 is 0 Å². The molecular formula is C25H33FN6O4. The largest absolute Gasteiger partial charge is 0.449 e. The lowest BCUT2D eigenvalue weighted by Gasteiger charge is -2.36. The summed E-state index contributed by atoms with van der Waals surface area (Å²) in [6, 6.07) is 4.41. The number of ether oxygens (including phenoxy) is 1. The molecule has 2 aliphatic rings. The van der Waals surface area contributed by atoms with Crippen LogP contribution in [0.1, 0.15) is 38.5 Å². The fraction of sp³-hybridized carbons (Fsp3) is 0.520. The average Bonchev–Trinajstić information content (AvgIpc) is 3.41. The molecule has 1 aromatic carbocycles. The zero-order valence-corrected chi connectivity index (χ0v) is 20.3. The zero-order valence-electron chi connectivity index (χ0n) is 20.3. The molecule has 2 amide bonds. The Balaban J connectivity index is 1.11. The maximum Gasteiger partial charge on any atom is 0.419 e. The molecule has 1 atom stereocenters. The Kier molecular flexibility index (Phi) is 8.88. The van der Waals surface area contributed by atoms with Gasteiger partial charge >= 0.3 is 6.09 Å². The number of aromatic nitrogens is 2. The first-order valence-corrected chi connectivity index (χ1v) is 12.5. The van der Waals surface area contributed by atoms with Crippen molar-refractivity contribution in [2.24, 2.45) is 0 Å². The minimum absolute atomic E-state index is 0.274. The van der Waals surface area contributed by atoms with Gasteiger partial charge in [0.25, 0.3) is 0 Å². The second-order valence-corrected chi connectivity index (χ2v) is 9.14. The number of carbonyl (C=O) groups is 3. The van der Waals surface area contributed by atoms with Crippen LogP contribution in [-0.4, -0.2) is 77.7 Å². The number of carbonyl (C=O) groups excluding carboxylic acids is 3. The molecule has 0 aliphatic carbocycles. The second kappa shape index (κ2) is 12.5. The van der Waals surface area contributed by atoms with Crippen molar-refractivity contribution < 1.29 is 23.5 Å². The van der Waals surface area contributed by atoms with Gasteiger partial charge in [0, 0.05) is 50.7 Å². The molecule has 36 heavy (non-hydrogen) atoms. The lowest BCUT2D eigenvalue weighted by atomic mass is 10.1. The van der Waals surface area contributed by atoms with Gasteiger partial charge in [0.1, 0.15) is 18.2 Å². The standard InChI is InChI=1S/C25H33FN6O4/c26-20-17-19(28-21-6-8-23(33)29-24(21)34)5-7-22(20)31-14-12-30(13-15-31)10-3-1-2-4-16-36-25(35)32-11-9-27-18-32/h5,7,9,11,17-18,21,28H,1-4,6,8,10,12-16H2,(H,29,33,34). The number of unbranched alkanes of at least 4 members (excludes halogenated alkanes) is 3. The molecule has 11 heteroatoms. The smallest absolute Gasteiger partial charge is 0.419 e. The Morgan fingerprint density at radius 3 is 2.67 bits per heavy atom. The van der Waals surface area contributed by atoms with Crippen LogP contribution in [-0.2, 0) is 14.3 Å². The number of nitrogens with one attached hydrogen (secondary N) is 2. The molecule has 4 rings (SSSR count). The summed E-state index contributed by atoms with van der Waals surface area (Å²) in [5.74, 6) is -0.973. The van der Waals surface area contributed by atoms with Crippen molar-refractivity contribution in [2.45, 2.75) is 44.6 Å². The quantitative estimate of drug-likeness (QED) is 0.379. The Labute approximate surface area is 209 Å². The van der Waals surface area contributed by atoms with E-state index in [0.717, 1.165) is 58.4 Å². The predicted octanol–water partition coefficient (Wildman–Crippen LogP) is 2.61. The molecule has 2 saturated heterocycles. The fourth-order valence-corrected chi connectivity index (χ4v) is 4.49. The summed E-state index contributed by atoms with van der Waals surface area (Å²) in [4.78, 5) is 43.2. The van der Waals surface area contributed by atoms with Gasteiger partial charge < -0.3 is 15.0 Å². The first-order chi connectivity index (χ1) is 17.5. The molecule has 0 saturated carbocycles. The highest BCUT2D eigenvalue weighted by atomic mass is 19.1. The molecule has 0 radical (unpaired) electrons. The van der Waals surface area contributed by atoms with Crippen molar-refractivity contribution in [1.29, 1.82) is 0 Å². The molecule has 1 aromatic heterocycles. The van der Waals surface area contributed by atoms with Crippen LogP contribution in [0.5, 0.6) is 0 Å². The van der Waals surface area contributed by atoms with Crippen molar-refractivity contribution in [3.8, 4) is 0 Å². The third-order valence-electron chi connectivity index (χ3n) is 6.55. The van der Waals surface area contributed by atoms with E-state index in [2.05, 4.69) is 25.4 Å². The normalized spacial score (nSPS) is 18.7. The van der Waals surface area contributed by atoms with Crippen LogP contribution in [0.3, 0.4) is 0 Å². The highest BCUT2D eigenvalue weighted by Gasteiger charge is 2.27. The number of amides is 2. The Morgan fingerprint density at radius 2 is 1.94 bits per heavy atom. The van der Waals surface area contributed by atoms with E-state index >= 15 is 0 Å². The van der Waals surface area contributed by atoms with Crippen molar-refractivity contribution in [1.82, 2.24) is 19.8 Å². The molecule has 0 spiro atoms. The summed E-state index contributed by atoms with van der Waals surface area (Å²) < 4.78 is 21.4. The van der Waals surface area contributed by atoms with Crippen LogP contribution in [0.2, 0.25) is 0 Å². The van der Waals surface area contributed by atoms with Crippen LogP contribution in [0, 0.1) is 5.82 Å². The van der Waals surface area contributed by atoms with Crippen LogP contribution in [0.25, 0.3) is 0 Å². The fourth-order valence-electron chi connectivity index (χ4n) is 4.49. The molecule has 2 aliphatic heterocycles. The second-order valence-electron chi connectivity index (χ2n) is 9.14. The lowest BCUT2D eigenvalue weighted by Crippen LogP contribution is -2.47. The first-order valence-electron chi connectivity index (χ1n) is 12.5. The van der Waals surface area contributed by atoms with Gasteiger partial charge in [0.15, 0.2) is 0 Å². The van der Waals surface area contributed by atoms with Crippen LogP contribution in [0.4, 0.5) is 20.6 Å². The summed E-state index contributed by atoms with van der Waals surface area (Å²) in [5, 5.41) is 5.32. The van der Waals surface area contributed by atoms with Gasteiger partial charge in [-0.05, 0) is 44.0 Å². The number of imide groups is 1. The van der Waals surface area contributed by atoms with Gasteiger partial charge in [-0.25, -0.2) is 18.7 Å². The molecule has 2 aromatic rings. The van der Waals surface area contributed by atoms with Crippen molar-refractivity contribution in [2.75, 3.05) is 49.5 Å². The number of halogens is 1. The summed E-state index contributed by atoms with van der Waals surface area (Å²) in [5.41, 5.74) is 1.09. The van der Waals surface area contributed by atoms with Crippen LogP contribution in [0.15, 0.2) is 36.9 Å². The number of piperazine rings is 1. The first kappa shape index (κ1) is 25.6. The lowest BCUT2D eigenvalue weighted by molar-refractivity contribution is -0.133. The Hall–Kier alpha value is -3.47. The topological polar surface area (TPSA) is 109 Å². The number of anilines is 2. The van der Waals surface area contributed by atoms with E-state index in [-0.39, 0.29) is 24.1 Å². The Bertz CT molecular complexity index is 1040. The number of imidazole rings is 1. The van der Waals surface area contributed by atoms with Crippen molar-refractivity contribution >= 4 is 29.3 Å². The third-order valence-corrected chi connectivity index (χ3v) is 6.55. The van der Waals surface area contributed by atoms with E-state index in [1.807, 2.05) is 0 Å². The van der Waals surface area contributed by atoms with Gasteiger partial charge in [0.05, 0.1) is 12.3 Å². The van der Waals surface area contributed by atoms with Crippen molar-refractivity contribution in [3.63, 3.8) is 0 Å². The maximum absolute atomic E-state index is 14.8. The number of nitrogens with zero attached hydrogens (tertiary/aromatic N) is 4. The molecule has 2 fully saturated rings. The minimum Gasteiger partial charge on any atom is -0.449 e. The number of piperidine rings is 1. The summed E-state index contributed by atoms with van der Waals surface area (Å²) in [6.45, 7) is 4.65. The van der Waals surface area contributed by atoms with Gasteiger partial charge in [-0.3, -0.25) is 19.8 Å². The molecule has 0 bridgehead atoms. The van der Waals surface area contributed by atoms with Gasteiger partial charge in [0.2, 0.25) is 11.8 Å². The van der Waals surface area contributed by atoms with Gasteiger partial charge in [-0.15, -0.1) is 0 Å². The number of rotatable bonds is 10. The Morgan fingerprint density at radius 1 is 1.14 bits per heavy atom. The maximum atomic E-state index is 14.8. The van der Waals surface area contributed by atoms with Gasteiger partial charge in [-0.2, -0.15) is 0 Å². The molecule has 1 unspecified atom stereocenters.